The minimum Gasteiger partial charge on any atom is -0.406 e. The van der Waals surface area contributed by atoms with E-state index in [4.69, 9.17) is 0 Å². The van der Waals surface area contributed by atoms with Crippen LogP contribution in [-0.2, 0) is 42.4 Å². The summed E-state index contributed by atoms with van der Waals surface area (Å²) in [6, 6.07) is 10.0. The fraction of sp³-hybridized carbons (Fsp3) is 0.296. The van der Waals surface area contributed by atoms with Crippen LogP contribution in [0.15, 0.2) is 65.8 Å². The zero-order chi connectivity index (χ0) is 30.1. The second-order valence-electron chi connectivity index (χ2n) is 9.32. The number of anilines is 2. The number of alkyl halides is 3. The lowest BCUT2D eigenvalue weighted by Gasteiger charge is -2.10. The minimum absolute atomic E-state index is 0.119. The van der Waals surface area contributed by atoms with Crippen molar-refractivity contribution in [3.8, 4) is 5.75 Å². The van der Waals surface area contributed by atoms with Gasteiger partial charge in [-0.05, 0) is 60.7 Å². The van der Waals surface area contributed by atoms with E-state index in [-0.39, 0.29) is 30.4 Å². The number of hydrogen-bond donors (Lipinski definition) is 2. The Morgan fingerprint density at radius 3 is 2.38 bits per heavy atom. The Morgan fingerprint density at radius 1 is 0.952 bits per heavy atom. The number of rotatable bonds is 12. The molecule has 0 unspecified atom stereocenters. The lowest BCUT2D eigenvalue weighted by Crippen LogP contribution is -2.25. The third-order valence-electron chi connectivity index (χ3n) is 5.83. The van der Waals surface area contributed by atoms with Crippen LogP contribution in [0.4, 0.5) is 24.8 Å². The average molecular weight is 585 g/mol. The fourth-order valence-corrected chi connectivity index (χ4v) is 3.98. The number of amides is 2. The van der Waals surface area contributed by atoms with Gasteiger partial charge in [0.15, 0.2) is 5.82 Å². The molecule has 3 heterocycles. The lowest BCUT2D eigenvalue weighted by molar-refractivity contribution is -0.274. The smallest absolute Gasteiger partial charge is 0.406 e. The first-order valence-electron chi connectivity index (χ1n) is 12.8. The van der Waals surface area contributed by atoms with Gasteiger partial charge in [-0.3, -0.25) is 18.8 Å². The second-order valence-corrected chi connectivity index (χ2v) is 9.32. The van der Waals surface area contributed by atoms with Crippen molar-refractivity contribution in [2.24, 2.45) is 7.05 Å². The maximum atomic E-state index is 12.4. The molecule has 42 heavy (non-hydrogen) atoms. The number of nitrogens with one attached hydrogen (secondary N) is 2. The van der Waals surface area contributed by atoms with Gasteiger partial charge in [0.05, 0.1) is 24.7 Å². The number of carbonyl (C=O) groups is 2. The predicted molar refractivity (Wildman–Crippen MR) is 144 cm³/mol. The standard InChI is InChI=1S/C27H27F3N8O4/c1-37-17-19(16-31-37)15-25(40)32-22-10-12-38(26(41)34-22)11-3-2-6-20-8-9-23(36-35-20)33-24(39)14-18-5-4-7-21(13-18)42-27(28,29)30/h4-5,7-10,12-13,16-17H,2-3,6,11,14-15H2,1H3,(H,33,36,39)(H,32,34,40,41). The van der Waals surface area contributed by atoms with E-state index in [2.05, 4.69) is 35.7 Å². The van der Waals surface area contributed by atoms with Crippen molar-refractivity contribution in [3.63, 3.8) is 0 Å². The van der Waals surface area contributed by atoms with Crippen LogP contribution < -0.4 is 21.1 Å². The molecule has 4 rings (SSSR count). The molecule has 4 aromatic rings. The topological polar surface area (TPSA) is 146 Å². The van der Waals surface area contributed by atoms with Crippen molar-refractivity contribution in [2.45, 2.75) is 45.0 Å². The highest BCUT2D eigenvalue weighted by Gasteiger charge is 2.31. The number of halogens is 3. The maximum Gasteiger partial charge on any atom is 0.573 e. The third-order valence-corrected chi connectivity index (χ3v) is 5.83. The first kappa shape index (κ1) is 29.9. The Hall–Kier alpha value is -5.08. The largest absolute Gasteiger partial charge is 0.573 e. The summed E-state index contributed by atoms with van der Waals surface area (Å²) in [6.07, 6.45) is 1.97. The highest BCUT2D eigenvalue weighted by molar-refractivity contribution is 5.91. The second kappa shape index (κ2) is 13.5. The van der Waals surface area contributed by atoms with Crippen molar-refractivity contribution in [1.29, 1.82) is 0 Å². The Labute approximate surface area is 237 Å². The molecule has 15 heteroatoms. The van der Waals surface area contributed by atoms with Crippen LogP contribution in [0.3, 0.4) is 0 Å². The highest BCUT2D eigenvalue weighted by atomic mass is 19.4. The van der Waals surface area contributed by atoms with E-state index in [0.29, 0.717) is 37.1 Å². The molecule has 2 N–H and O–H groups in total. The van der Waals surface area contributed by atoms with Crippen LogP contribution in [0.2, 0.25) is 0 Å². The van der Waals surface area contributed by atoms with Crippen molar-refractivity contribution < 1.29 is 27.5 Å². The van der Waals surface area contributed by atoms with Gasteiger partial charge in [0.1, 0.15) is 11.6 Å². The summed E-state index contributed by atoms with van der Waals surface area (Å²) < 4.78 is 44.1. The summed E-state index contributed by atoms with van der Waals surface area (Å²) in [5.41, 5.74) is 1.29. The average Bonchev–Trinajstić information content (AvgIpc) is 3.31. The number of carbonyl (C=O) groups excluding carboxylic acids is 2. The van der Waals surface area contributed by atoms with E-state index in [1.165, 1.54) is 16.7 Å². The molecule has 0 aliphatic heterocycles. The zero-order valence-electron chi connectivity index (χ0n) is 22.5. The predicted octanol–water partition coefficient (Wildman–Crippen LogP) is 3.05. The first-order valence-corrected chi connectivity index (χ1v) is 12.8. The van der Waals surface area contributed by atoms with Crippen LogP contribution in [0.25, 0.3) is 0 Å². The Morgan fingerprint density at radius 2 is 1.71 bits per heavy atom. The number of ether oxygens (including phenoxy) is 1. The normalized spacial score (nSPS) is 11.2. The molecule has 0 aliphatic carbocycles. The summed E-state index contributed by atoms with van der Waals surface area (Å²) >= 11 is 0. The SMILES string of the molecule is Cn1cc(CC(=O)Nc2ccn(CCCCc3ccc(NC(=O)Cc4cccc(OC(F)(F)F)c4)nn3)c(=O)n2)cn1. The van der Waals surface area contributed by atoms with E-state index in [1.807, 2.05) is 0 Å². The van der Waals surface area contributed by atoms with E-state index in [1.54, 1.807) is 48.5 Å². The van der Waals surface area contributed by atoms with Gasteiger partial charge in [0.2, 0.25) is 11.8 Å². The van der Waals surface area contributed by atoms with Crippen molar-refractivity contribution in [1.82, 2.24) is 29.5 Å². The summed E-state index contributed by atoms with van der Waals surface area (Å²) in [7, 11) is 1.76. The minimum atomic E-state index is -4.82. The van der Waals surface area contributed by atoms with E-state index in [0.717, 1.165) is 17.7 Å². The molecule has 0 radical (unpaired) electrons. The molecule has 0 atom stereocenters. The number of aromatic nitrogens is 6. The van der Waals surface area contributed by atoms with Gasteiger partial charge in [-0.2, -0.15) is 15.2 Å². The van der Waals surface area contributed by atoms with Gasteiger partial charge in [0.25, 0.3) is 0 Å². The van der Waals surface area contributed by atoms with Crippen LogP contribution in [0.5, 0.6) is 5.75 Å². The Kier molecular flexibility index (Phi) is 9.62. The zero-order valence-corrected chi connectivity index (χ0v) is 22.5. The highest BCUT2D eigenvalue weighted by Crippen LogP contribution is 2.23. The molecular weight excluding hydrogens is 557 g/mol. The molecule has 0 fully saturated rings. The van der Waals surface area contributed by atoms with Crippen LogP contribution in [0.1, 0.15) is 29.7 Å². The van der Waals surface area contributed by atoms with E-state index < -0.39 is 23.7 Å². The van der Waals surface area contributed by atoms with Crippen molar-refractivity contribution >= 4 is 23.5 Å². The molecular formula is C27H27F3N8O4. The van der Waals surface area contributed by atoms with Crippen LogP contribution in [0, 0.1) is 0 Å². The third kappa shape index (κ3) is 9.53. The molecule has 0 bridgehead atoms. The van der Waals surface area contributed by atoms with Gasteiger partial charge >= 0.3 is 12.1 Å². The molecule has 12 nitrogen and oxygen atoms in total. The van der Waals surface area contributed by atoms with Gasteiger partial charge in [-0.25, -0.2) is 4.79 Å². The molecule has 1 aromatic carbocycles. The van der Waals surface area contributed by atoms with Crippen molar-refractivity contribution in [3.05, 3.63) is 88.4 Å². The molecule has 3 aromatic heterocycles. The molecule has 0 aliphatic rings. The van der Waals surface area contributed by atoms with E-state index in [9.17, 15) is 27.6 Å². The summed E-state index contributed by atoms with van der Waals surface area (Å²) in [5, 5.41) is 17.2. The lowest BCUT2D eigenvalue weighted by atomic mass is 10.1. The number of aryl methyl sites for hydroxylation is 3. The summed E-state index contributed by atoms with van der Waals surface area (Å²) in [5.74, 6) is -0.798. The Balaban J connectivity index is 1.18. The monoisotopic (exact) mass is 584 g/mol. The van der Waals surface area contributed by atoms with Gasteiger partial charge in [-0.1, -0.05) is 12.1 Å². The molecule has 2 amide bonds. The van der Waals surface area contributed by atoms with Crippen LogP contribution >= 0.6 is 0 Å². The molecule has 0 saturated carbocycles. The van der Waals surface area contributed by atoms with Gasteiger partial charge < -0.3 is 15.4 Å². The summed E-state index contributed by atoms with van der Waals surface area (Å²) in [6.45, 7) is 0.423. The summed E-state index contributed by atoms with van der Waals surface area (Å²) in [4.78, 5) is 40.7. The number of unbranched alkanes of at least 4 members (excludes halogenated alkanes) is 1. The number of benzene rings is 1. The number of nitrogens with zero attached hydrogens (tertiary/aromatic N) is 6. The van der Waals surface area contributed by atoms with Gasteiger partial charge in [0, 0.05) is 26.0 Å². The first-order chi connectivity index (χ1) is 20.0. The van der Waals surface area contributed by atoms with Crippen molar-refractivity contribution in [2.75, 3.05) is 10.6 Å². The van der Waals surface area contributed by atoms with Crippen LogP contribution in [-0.4, -0.2) is 47.7 Å². The molecule has 220 valence electrons. The fourth-order valence-electron chi connectivity index (χ4n) is 3.98. The van der Waals surface area contributed by atoms with Gasteiger partial charge in [-0.15, -0.1) is 18.3 Å². The van der Waals surface area contributed by atoms with E-state index >= 15 is 0 Å². The molecule has 0 saturated heterocycles. The molecule has 0 spiro atoms. The maximum absolute atomic E-state index is 12.4. The Bertz CT molecular complexity index is 1590. The number of hydrogen-bond acceptors (Lipinski definition) is 8. The quantitative estimate of drug-likeness (QED) is 0.242.